The summed E-state index contributed by atoms with van der Waals surface area (Å²) in [5, 5.41) is 5.96. The first-order valence-electron chi connectivity index (χ1n) is 12.4. The van der Waals surface area contributed by atoms with Crippen molar-refractivity contribution in [3.63, 3.8) is 0 Å². The molecule has 1 saturated heterocycles. The number of amides is 4. The molecule has 0 bridgehead atoms. The molecular weight excluding hydrogens is 462 g/mol. The summed E-state index contributed by atoms with van der Waals surface area (Å²) in [6, 6.07) is 6.22. The molecule has 1 fully saturated rings. The second-order valence-electron chi connectivity index (χ2n) is 10.1. The van der Waals surface area contributed by atoms with Crippen LogP contribution in [-0.2, 0) is 9.53 Å². The molecule has 36 heavy (non-hydrogen) atoms. The summed E-state index contributed by atoms with van der Waals surface area (Å²) >= 11 is 0. The van der Waals surface area contributed by atoms with Crippen molar-refractivity contribution in [3.8, 4) is 5.75 Å². The summed E-state index contributed by atoms with van der Waals surface area (Å²) in [5.41, 5.74) is 1.34. The molecule has 1 atom stereocenters. The quantitative estimate of drug-likeness (QED) is 0.581. The summed E-state index contributed by atoms with van der Waals surface area (Å²) in [7, 11) is 3.21. The van der Waals surface area contributed by atoms with E-state index in [1.54, 1.807) is 27.1 Å². The van der Waals surface area contributed by atoms with Crippen molar-refractivity contribution in [2.24, 2.45) is 0 Å². The van der Waals surface area contributed by atoms with Crippen molar-refractivity contribution in [1.29, 1.82) is 0 Å². The smallest absolute Gasteiger partial charge is 0.338 e. The molecule has 1 aromatic rings. The number of methoxy groups -OCH3 is 1. The highest BCUT2D eigenvalue weighted by atomic mass is 16.5. The minimum absolute atomic E-state index is 0.0822. The molecule has 10 nitrogen and oxygen atoms in total. The summed E-state index contributed by atoms with van der Waals surface area (Å²) < 4.78 is 11.0. The van der Waals surface area contributed by atoms with Crippen molar-refractivity contribution in [3.05, 3.63) is 41.1 Å². The van der Waals surface area contributed by atoms with Crippen LogP contribution in [0.15, 0.2) is 35.5 Å². The molecule has 1 aromatic carbocycles. The van der Waals surface area contributed by atoms with Crippen LogP contribution < -0.4 is 15.4 Å². The third-order valence-corrected chi connectivity index (χ3v) is 6.25. The maximum absolute atomic E-state index is 13.2. The lowest BCUT2D eigenvalue weighted by atomic mass is 9.93. The van der Waals surface area contributed by atoms with Gasteiger partial charge in [-0.1, -0.05) is 18.2 Å². The SMILES string of the molecule is CCOC(=O)C1=C(CN2CCCN(C(=O)NC(C)(C)C)CC2)N(C)C(=O)NC1c1ccccc1OC. The lowest BCUT2D eigenvalue weighted by Gasteiger charge is -2.37. The van der Waals surface area contributed by atoms with E-state index in [0.29, 0.717) is 48.8 Å². The number of nitrogens with one attached hydrogen (secondary N) is 2. The van der Waals surface area contributed by atoms with Crippen molar-refractivity contribution in [1.82, 2.24) is 25.3 Å². The maximum Gasteiger partial charge on any atom is 0.338 e. The molecule has 0 radical (unpaired) electrons. The van der Waals surface area contributed by atoms with Gasteiger partial charge in [-0.3, -0.25) is 9.80 Å². The molecule has 0 saturated carbocycles. The first-order valence-corrected chi connectivity index (χ1v) is 12.4. The van der Waals surface area contributed by atoms with E-state index < -0.39 is 12.0 Å². The second kappa shape index (κ2) is 11.6. The summed E-state index contributed by atoms with van der Waals surface area (Å²) in [4.78, 5) is 44.4. The topological polar surface area (TPSA) is 103 Å². The van der Waals surface area contributed by atoms with E-state index >= 15 is 0 Å². The van der Waals surface area contributed by atoms with Crippen LogP contribution in [0.5, 0.6) is 5.75 Å². The van der Waals surface area contributed by atoms with Gasteiger partial charge in [-0.2, -0.15) is 0 Å². The van der Waals surface area contributed by atoms with Gasteiger partial charge >= 0.3 is 18.0 Å². The number of likely N-dealkylation sites (N-methyl/N-ethyl adjacent to an activating group) is 1. The zero-order valence-corrected chi connectivity index (χ0v) is 22.2. The third-order valence-electron chi connectivity index (χ3n) is 6.25. The average molecular weight is 502 g/mol. The predicted octanol–water partition coefficient (Wildman–Crippen LogP) is 2.72. The van der Waals surface area contributed by atoms with Gasteiger partial charge < -0.3 is 25.0 Å². The highest BCUT2D eigenvalue weighted by Crippen LogP contribution is 2.35. The van der Waals surface area contributed by atoms with E-state index in [2.05, 4.69) is 15.5 Å². The molecule has 3 rings (SSSR count). The van der Waals surface area contributed by atoms with E-state index in [9.17, 15) is 14.4 Å². The highest BCUT2D eigenvalue weighted by Gasteiger charge is 2.38. The number of carbonyl (C=O) groups is 3. The van der Waals surface area contributed by atoms with E-state index in [4.69, 9.17) is 9.47 Å². The predicted molar refractivity (Wildman–Crippen MR) is 137 cm³/mol. The molecule has 0 aromatic heterocycles. The van der Waals surface area contributed by atoms with Gasteiger partial charge in [-0.05, 0) is 40.2 Å². The molecule has 10 heteroatoms. The Balaban J connectivity index is 1.91. The van der Waals surface area contributed by atoms with Gasteiger partial charge in [-0.15, -0.1) is 0 Å². The summed E-state index contributed by atoms with van der Waals surface area (Å²) in [6.45, 7) is 10.8. The molecule has 2 heterocycles. The molecule has 0 aliphatic carbocycles. The zero-order chi connectivity index (χ0) is 26.5. The number of hydrogen-bond acceptors (Lipinski definition) is 6. The number of ether oxygens (including phenoxy) is 2. The monoisotopic (exact) mass is 501 g/mol. The molecule has 1 unspecified atom stereocenters. The minimum atomic E-state index is -0.708. The van der Waals surface area contributed by atoms with Gasteiger partial charge in [0.2, 0.25) is 0 Å². The Kier molecular flexibility index (Phi) is 8.84. The zero-order valence-electron chi connectivity index (χ0n) is 22.2. The maximum atomic E-state index is 13.2. The molecule has 2 aliphatic heterocycles. The molecular formula is C26H39N5O5. The first-order chi connectivity index (χ1) is 17.1. The van der Waals surface area contributed by atoms with Crippen LogP contribution in [0.1, 0.15) is 45.7 Å². The Hall–Kier alpha value is -3.27. The van der Waals surface area contributed by atoms with Crippen LogP contribution in [0, 0.1) is 0 Å². The van der Waals surface area contributed by atoms with Crippen molar-refractivity contribution >= 4 is 18.0 Å². The molecule has 4 amide bonds. The van der Waals surface area contributed by atoms with Crippen molar-refractivity contribution in [2.45, 2.75) is 45.7 Å². The summed E-state index contributed by atoms with van der Waals surface area (Å²) in [5.74, 6) is 0.0973. The second-order valence-corrected chi connectivity index (χ2v) is 10.1. The Morgan fingerprint density at radius 2 is 1.86 bits per heavy atom. The summed E-state index contributed by atoms with van der Waals surface area (Å²) in [6.07, 6.45) is 0.783. The van der Waals surface area contributed by atoms with Gasteiger partial charge in [0.25, 0.3) is 0 Å². The van der Waals surface area contributed by atoms with Gasteiger partial charge in [0, 0.05) is 56.6 Å². The lowest BCUT2D eigenvalue weighted by Crippen LogP contribution is -2.50. The van der Waals surface area contributed by atoms with E-state index in [1.165, 1.54) is 4.90 Å². The fraction of sp³-hybridized carbons (Fsp3) is 0.577. The van der Waals surface area contributed by atoms with E-state index in [1.807, 2.05) is 43.9 Å². The van der Waals surface area contributed by atoms with Crippen molar-refractivity contribution < 1.29 is 23.9 Å². The van der Waals surface area contributed by atoms with Gasteiger partial charge in [0.05, 0.1) is 25.3 Å². The fourth-order valence-electron chi connectivity index (χ4n) is 4.48. The number of rotatable bonds is 6. The van der Waals surface area contributed by atoms with Crippen LogP contribution in [0.25, 0.3) is 0 Å². The largest absolute Gasteiger partial charge is 0.496 e. The van der Waals surface area contributed by atoms with Gasteiger partial charge in [0.1, 0.15) is 5.75 Å². The Morgan fingerprint density at radius 3 is 2.53 bits per heavy atom. The van der Waals surface area contributed by atoms with Crippen molar-refractivity contribution in [2.75, 3.05) is 53.5 Å². The van der Waals surface area contributed by atoms with Crippen LogP contribution >= 0.6 is 0 Å². The van der Waals surface area contributed by atoms with Crippen LogP contribution in [0.3, 0.4) is 0 Å². The average Bonchev–Trinajstić information content (AvgIpc) is 3.06. The van der Waals surface area contributed by atoms with E-state index in [0.717, 1.165) is 13.0 Å². The van der Waals surface area contributed by atoms with Gasteiger partial charge in [-0.25, -0.2) is 14.4 Å². The number of benzene rings is 1. The fourth-order valence-corrected chi connectivity index (χ4v) is 4.48. The first kappa shape index (κ1) is 27.3. The molecule has 2 aliphatic rings. The third kappa shape index (κ3) is 6.48. The number of carbonyl (C=O) groups excluding carboxylic acids is 3. The standard InChI is InChI=1S/C26H39N5O5/c1-7-36-23(32)21-19(17-30-13-10-14-31(16-15-30)25(34)28-26(2,3)4)29(5)24(33)27-22(21)18-11-8-9-12-20(18)35-6/h8-9,11-12,22H,7,10,13-17H2,1-6H3,(H,27,33)(H,28,34). The Labute approximate surface area is 213 Å². The molecule has 2 N–H and O–H groups in total. The number of para-hydroxylation sites is 1. The Morgan fingerprint density at radius 1 is 1.14 bits per heavy atom. The minimum Gasteiger partial charge on any atom is -0.496 e. The van der Waals surface area contributed by atoms with Crippen LogP contribution in [0.4, 0.5) is 9.59 Å². The normalized spacial score (nSPS) is 19.5. The lowest BCUT2D eigenvalue weighted by molar-refractivity contribution is -0.139. The number of nitrogens with zero attached hydrogens (tertiary/aromatic N) is 3. The van der Waals surface area contributed by atoms with Crippen LogP contribution in [0.2, 0.25) is 0 Å². The van der Waals surface area contributed by atoms with Gasteiger partial charge in [0.15, 0.2) is 0 Å². The highest BCUT2D eigenvalue weighted by molar-refractivity contribution is 5.95. The molecule has 198 valence electrons. The Bertz CT molecular complexity index is 1000. The number of esters is 1. The van der Waals surface area contributed by atoms with E-state index in [-0.39, 0.29) is 24.2 Å². The molecule has 0 spiro atoms. The number of urea groups is 2. The van der Waals surface area contributed by atoms with Crippen LogP contribution in [-0.4, -0.2) is 91.8 Å². The number of hydrogen-bond donors (Lipinski definition) is 2.